The van der Waals surface area contributed by atoms with Gasteiger partial charge < -0.3 is 5.11 Å². The number of benzene rings is 1. The Morgan fingerprint density at radius 3 is 2.25 bits per heavy atom. The van der Waals surface area contributed by atoms with Gasteiger partial charge in [0.2, 0.25) is 0 Å². The van der Waals surface area contributed by atoms with Crippen molar-refractivity contribution in [3.8, 4) is 0 Å². The third-order valence-corrected chi connectivity index (χ3v) is 6.63. The van der Waals surface area contributed by atoms with Gasteiger partial charge in [-0.05, 0) is 89.4 Å². The summed E-state index contributed by atoms with van der Waals surface area (Å²) in [5, 5.41) is 11.3. The molecular weight excluding hydrogens is 319 g/mol. The first kappa shape index (κ1) is 13.3. The Bertz CT molecular complexity index is 514. The van der Waals surface area contributed by atoms with Crippen LogP contribution in [0.2, 0.25) is 0 Å². The van der Waals surface area contributed by atoms with Crippen LogP contribution in [0.3, 0.4) is 0 Å². The second-order valence-electron chi connectivity index (χ2n) is 7.22. The molecule has 4 saturated carbocycles. The molecule has 0 aliphatic heterocycles. The largest absolute Gasteiger partial charge is 0.389 e. The summed E-state index contributed by atoms with van der Waals surface area (Å²) in [6, 6.07) is 5.15. The highest BCUT2D eigenvalue weighted by molar-refractivity contribution is 9.10. The van der Waals surface area contributed by atoms with E-state index in [0.29, 0.717) is 22.7 Å². The zero-order valence-electron chi connectivity index (χ0n) is 11.5. The summed E-state index contributed by atoms with van der Waals surface area (Å²) in [5.74, 6) is 2.41. The number of aliphatic hydroxyl groups is 1. The van der Waals surface area contributed by atoms with E-state index < -0.39 is 5.60 Å². The van der Waals surface area contributed by atoms with Gasteiger partial charge in [0.25, 0.3) is 0 Å². The molecule has 1 nitrogen and oxygen atoms in total. The van der Waals surface area contributed by atoms with E-state index in [4.69, 9.17) is 0 Å². The monoisotopic (exact) mass is 338 g/mol. The van der Waals surface area contributed by atoms with E-state index in [1.165, 1.54) is 38.2 Å². The third kappa shape index (κ3) is 1.97. The van der Waals surface area contributed by atoms with E-state index in [1.54, 1.807) is 0 Å². The van der Waals surface area contributed by atoms with Gasteiger partial charge in [0.15, 0.2) is 0 Å². The molecule has 0 amide bonds. The molecule has 1 aromatic rings. The van der Waals surface area contributed by atoms with E-state index in [1.807, 2.05) is 12.1 Å². The molecule has 0 spiro atoms. The minimum Gasteiger partial charge on any atom is -0.389 e. The van der Waals surface area contributed by atoms with Gasteiger partial charge in [0, 0.05) is 6.42 Å². The predicted molar refractivity (Wildman–Crippen MR) is 79.8 cm³/mol. The topological polar surface area (TPSA) is 20.2 Å². The first-order chi connectivity index (χ1) is 9.54. The number of hydrogen-bond donors (Lipinski definition) is 1. The van der Waals surface area contributed by atoms with Crippen LogP contribution in [0.1, 0.15) is 37.7 Å². The van der Waals surface area contributed by atoms with Crippen LogP contribution in [0.15, 0.2) is 22.7 Å². The maximum Gasteiger partial charge on any atom is 0.137 e. The molecule has 0 radical (unpaired) electrons. The first-order valence-corrected chi connectivity index (χ1v) is 8.50. The highest BCUT2D eigenvalue weighted by Gasteiger charge is 2.56. The summed E-state index contributed by atoms with van der Waals surface area (Å²) in [4.78, 5) is 0. The Morgan fingerprint density at radius 2 is 1.70 bits per heavy atom. The lowest BCUT2D eigenvalue weighted by Gasteiger charge is -2.59. The molecule has 108 valence electrons. The fraction of sp³-hybridized carbons (Fsp3) is 0.647. The Hall–Kier alpha value is -0.410. The molecule has 4 aliphatic rings. The lowest BCUT2D eigenvalue weighted by atomic mass is 9.49. The van der Waals surface area contributed by atoms with Crippen molar-refractivity contribution in [1.82, 2.24) is 0 Å². The van der Waals surface area contributed by atoms with Crippen LogP contribution in [-0.2, 0) is 6.42 Å². The molecule has 5 rings (SSSR count). The molecule has 20 heavy (non-hydrogen) atoms. The van der Waals surface area contributed by atoms with Gasteiger partial charge in [0.05, 0.1) is 10.1 Å². The maximum atomic E-state index is 13.4. The maximum absolute atomic E-state index is 13.4. The summed E-state index contributed by atoms with van der Waals surface area (Å²) >= 11 is 3.25. The molecule has 1 N–H and O–H groups in total. The zero-order valence-corrected chi connectivity index (χ0v) is 13.1. The second kappa shape index (κ2) is 4.54. The highest BCUT2D eigenvalue weighted by atomic mass is 79.9. The van der Waals surface area contributed by atoms with Crippen molar-refractivity contribution < 1.29 is 9.50 Å². The average Bonchev–Trinajstić information content (AvgIpc) is 2.40. The van der Waals surface area contributed by atoms with Crippen molar-refractivity contribution in [2.45, 2.75) is 44.1 Å². The summed E-state index contributed by atoms with van der Waals surface area (Å²) in [7, 11) is 0. The van der Waals surface area contributed by atoms with E-state index >= 15 is 0 Å². The van der Waals surface area contributed by atoms with Gasteiger partial charge in [-0.3, -0.25) is 0 Å². The van der Waals surface area contributed by atoms with Gasteiger partial charge in [-0.2, -0.15) is 0 Å². The number of halogens is 2. The molecule has 0 saturated heterocycles. The Kier molecular flexibility index (Phi) is 3.01. The van der Waals surface area contributed by atoms with Crippen LogP contribution < -0.4 is 0 Å². The Balaban J connectivity index is 1.62. The fourth-order valence-corrected chi connectivity index (χ4v) is 5.69. The van der Waals surface area contributed by atoms with Crippen LogP contribution in [0.4, 0.5) is 4.39 Å². The van der Waals surface area contributed by atoms with Crippen molar-refractivity contribution >= 4 is 15.9 Å². The van der Waals surface area contributed by atoms with E-state index in [-0.39, 0.29) is 5.82 Å². The summed E-state index contributed by atoms with van der Waals surface area (Å²) in [6.45, 7) is 0. The van der Waals surface area contributed by atoms with Gasteiger partial charge in [-0.15, -0.1) is 0 Å². The Labute approximate surface area is 127 Å². The molecule has 0 aromatic heterocycles. The average molecular weight is 339 g/mol. The summed E-state index contributed by atoms with van der Waals surface area (Å²) < 4.78 is 13.9. The zero-order chi connectivity index (χ0) is 13.9. The third-order valence-electron chi connectivity index (χ3n) is 6.02. The number of rotatable bonds is 2. The van der Waals surface area contributed by atoms with Gasteiger partial charge in [0.1, 0.15) is 5.82 Å². The number of hydrogen-bond acceptors (Lipinski definition) is 1. The van der Waals surface area contributed by atoms with Crippen LogP contribution >= 0.6 is 15.9 Å². The predicted octanol–water partition coefficient (Wildman–Crippen LogP) is 4.32. The first-order valence-electron chi connectivity index (χ1n) is 7.71. The molecule has 4 aliphatic carbocycles. The molecule has 4 bridgehead atoms. The van der Waals surface area contributed by atoms with Gasteiger partial charge in [-0.25, -0.2) is 4.39 Å². The van der Waals surface area contributed by atoms with Crippen LogP contribution in [0, 0.1) is 29.5 Å². The second-order valence-corrected chi connectivity index (χ2v) is 8.08. The van der Waals surface area contributed by atoms with Crippen molar-refractivity contribution in [3.05, 3.63) is 34.1 Å². The smallest absolute Gasteiger partial charge is 0.137 e. The molecule has 1 aromatic carbocycles. The van der Waals surface area contributed by atoms with E-state index in [0.717, 1.165) is 17.4 Å². The summed E-state index contributed by atoms with van der Waals surface area (Å²) in [6.07, 6.45) is 6.88. The normalized spacial score (nSPS) is 42.1. The van der Waals surface area contributed by atoms with Crippen LogP contribution in [0.25, 0.3) is 0 Å². The molecule has 4 fully saturated rings. The SMILES string of the molecule is OC1(Cc2ccc(F)c(Br)c2)C2CC3CC(C2)CC1C3. The fourth-order valence-electron chi connectivity index (χ4n) is 5.27. The highest BCUT2D eigenvalue weighted by Crippen LogP contribution is 2.59. The van der Waals surface area contributed by atoms with Gasteiger partial charge in [-0.1, -0.05) is 6.07 Å². The van der Waals surface area contributed by atoms with Crippen molar-refractivity contribution in [2.24, 2.45) is 23.7 Å². The lowest BCUT2D eigenvalue weighted by molar-refractivity contribution is -0.171. The molecule has 0 unspecified atom stereocenters. The van der Waals surface area contributed by atoms with E-state index in [9.17, 15) is 9.50 Å². The lowest BCUT2D eigenvalue weighted by Crippen LogP contribution is -2.58. The minimum atomic E-state index is -0.551. The van der Waals surface area contributed by atoms with Gasteiger partial charge >= 0.3 is 0 Å². The van der Waals surface area contributed by atoms with Crippen LogP contribution in [-0.4, -0.2) is 10.7 Å². The summed E-state index contributed by atoms with van der Waals surface area (Å²) in [5.41, 5.74) is 0.498. The Morgan fingerprint density at radius 1 is 1.10 bits per heavy atom. The molecule has 0 atom stereocenters. The van der Waals surface area contributed by atoms with Crippen molar-refractivity contribution in [2.75, 3.05) is 0 Å². The molecule has 0 heterocycles. The molecule has 3 heteroatoms. The minimum absolute atomic E-state index is 0.231. The van der Waals surface area contributed by atoms with Crippen molar-refractivity contribution in [3.63, 3.8) is 0 Å². The van der Waals surface area contributed by atoms with Crippen LogP contribution in [0.5, 0.6) is 0 Å². The van der Waals surface area contributed by atoms with E-state index in [2.05, 4.69) is 15.9 Å². The molecular formula is C17H20BrFO. The quantitative estimate of drug-likeness (QED) is 0.851. The standard InChI is InChI=1S/C17H20BrFO/c18-15-8-10(1-2-16(15)19)9-17(20)13-4-11-3-12(6-13)7-14(17)5-11/h1-2,8,11-14,20H,3-7,9H2. The van der Waals surface area contributed by atoms with Crippen molar-refractivity contribution in [1.29, 1.82) is 0 Å².